The fourth-order valence-corrected chi connectivity index (χ4v) is 1.82. The molecule has 1 amide bonds. The molecule has 0 unspecified atom stereocenters. The van der Waals surface area contributed by atoms with E-state index >= 15 is 0 Å². The topological polar surface area (TPSA) is 152 Å². The molecule has 0 aliphatic carbocycles. The van der Waals surface area contributed by atoms with Gasteiger partial charge >= 0.3 is 11.7 Å². The van der Waals surface area contributed by atoms with E-state index in [1.165, 1.54) is 6.92 Å². The monoisotopic (exact) mass is 299 g/mol. The van der Waals surface area contributed by atoms with Crippen molar-refractivity contribution in [3.8, 4) is 0 Å². The molecule has 0 aromatic carbocycles. The molecule has 0 bridgehead atoms. The van der Waals surface area contributed by atoms with Gasteiger partial charge in [-0.3, -0.25) is 14.6 Å². The molecule has 0 fully saturated rings. The largest absolute Gasteiger partial charge is 0.480 e. The molecule has 0 spiro atoms. The fourth-order valence-electron chi connectivity index (χ4n) is 1.82. The van der Waals surface area contributed by atoms with Gasteiger partial charge in [0.05, 0.1) is 0 Å². The van der Waals surface area contributed by atoms with Crippen LogP contribution in [0.1, 0.15) is 24.1 Å². The second-order valence-electron chi connectivity index (χ2n) is 4.48. The Kier molecular flexibility index (Phi) is 5.85. The number of nitrogens with one attached hydrogen (secondary N) is 3. The summed E-state index contributed by atoms with van der Waals surface area (Å²) in [5.74, 6) is -1.80. The maximum absolute atomic E-state index is 11.7. The van der Waals surface area contributed by atoms with Crippen LogP contribution in [0.25, 0.3) is 0 Å². The van der Waals surface area contributed by atoms with Crippen molar-refractivity contribution in [2.45, 2.75) is 32.2 Å². The molecule has 0 saturated heterocycles. The van der Waals surface area contributed by atoms with Crippen LogP contribution in [-0.4, -0.2) is 44.7 Å². The summed E-state index contributed by atoms with van der Waals surface area (Å²) in [4.78, 5) is 49.5. The van der Waals surface area contributed by atoms with E-state index in [0.29, 0.717) is 5.69 Å². The number of aliphatic carboxylic acids is 1. The lowest BCUT2D eigenvalue weighted by atomic mass is 10.1. The minimum absolute atomic E-state index is 0.0647. The van der Waals surface area contributed by atoms with E-state index in [1.807, 2.05) is 0 Å². The van der Waals surface area contributed by atoms with Crippen molar-refractivity contribution in [1.29, 1.82) is 0 Å². The first-order chi connectivity index (χ1) is 9.85. The van der Waals surface area contributed by atoms with Crippen LogP contribution in [0.2, 0.25) is 0 Å². The molecule has 1 heterocycles. The third-order valence-corrected chi connectivity index (χ3v) is 2.91. The summed E-state index contributed by atoms with van der Waals surface area (Å²) < 4.78 is 0. The number of carboxylic acids is 1. The van der Waals surface area contributed by atoms with Gasteiger partial charge in [0.25, 0.3) is 5.56 Å². The number of aromatic nitrogens is 2. The summed E-state index contributed by atoms with van der Waals surface area (Å²) in [5, 5.41) is 19.8. The first kappa shape index (κ1) is 16.6. The molecular weight excluding hydrogens is 282 g/mol. The molecule has 0 aliphatic heterocycles. The Labute approximate surface area is 119 Å². The Hall–Kier alpha value is -2.42. The van der Waals surface area contributed by atoms with Crippen LogP contribution in [0.4, 0.5) is 0 Å². The zero-order valence-electron chi connectivity index (χ0n) is 11.4. The van der Waals surface area contributed by atoms with Gasteiger partial charge in [-0.15, -0.1) is 0 Å². The number of rotatable bonds is 7. The minimum atomic E-state index is -1.24. The second kappa shape index (κ2) is 7.39. The van der Waals surface area contributed by atoms with E-state index in [4.69, 9.17) is 10.2 Å². The van der Waals surface area contributed by atoms with Crippen molar-refractivity contribution in [1.82, 2.24) is 15.3 Å². The van der Waals surface area contributed by atoms with Gasteiger partial charge in [-0.25, -0.2) is 9.59 Å². The first-order valence-corrected chi connectivity index (χ1v) is 6.30. The Balaban J connectivity index is 2.67. The number of aliphatic hydroxyl groups is 1. The number of hydrogen-bond donors (Lipinski definition) is 5. The van der Waals surface area contributed by atoms with Crippen LogP contribution in [0.5, 0.6) is 0 Å². The maximum atomic E-state index is 11.7. The smallest absolute Gasteiger partial charge is 0.326 e. The molecule has 9 nitrogen and oxygen atoms in total. The van der Waals surface area contributed by atoms with E-state index in [0.717, 1.165) is 0 Å². The quantitative estimate of drug-likeness (QED) is 0.403. The van der Waals surface area contributed by atoms with Gasteiger partial charge in [0.15, 0.2) is 0 Å². The predicted molar refractivity (Wildman–Crippen MR) is 72.0 cm³/mol. The molecule has 21 heavy (non-hydrogen) atoms. The Morgan fingerprint density at radius 2 is 1.95 bits per heavy atom. The van der Waals surface area contributed by atoms with Crippen molar-refractivity contribution >= 4 is 11.9 Å². The highest BCUT2D eigenvalue weighted by Crippen LogP contribution is 2.01. The van der Waals surface area contributed by atoms with E-state index in [2.05, 4.69) is 15.3 Å². The number of H-pyrrole nitrogens is 2. The maximum Gasteiger partial charge on any atom is 0.326 e. The number of hydrogen-bond acceptors (Lipinski definition) is 5. The lowest BCUT2D eigenvalue weighted by molar-refractivity contribution is -0.142. The van der Waals surface area contributed by atoms with Crippen LogP contribution < -0.4 is 16.6 Å². The zero-order valence-corrected chi connectivity index (χ0v) is 11.4. The number of aryl methyl sites for hydroxylation is 1. The number of amides is 1. The molecule has 1 aromatic rings. The normalized spacial score (nSPS) is 11.9. The average Bonchev–Trinajstić information content (AvgIpc) is 2.36. The predicted octanol–water partition coefficient (Wildman–Crippen LogP) is -1.74. The second-order valence-corrected chi connectivity index (χ2v) is 4.48. The molecule has 116 valence electrons. The average molecular weight is 299 g/mol. The highest BCUT2D eigenvalue weighted by molar-refractivity contribution is 5.83. The number of aliphatic hydroxyl groups excluding tert-OH is 1. The SMILES string of the molecule is Cc1[nH]c(=O)[nH]c(=O)c1CCC(=O)N[C@H](CCO)C(=O)O. The van der Waals surface area contributed by atoms with E-state index in [9.17, 15) is 19.2 Å². The van der Waals surface area contributed by atoms with Gasteiger partial charge in [-0.2, -0.15) is 0 Å². The molecule has 1 aromatic heterocycles. The fraction of sp³-hybridized carbons (Fsp3) is 0.500. The standard InChI is InChI=1S/C12H17N3O6/c1-6-7(10(18)15-12(21)13-6)2-3-9(17)14-8(4-5-16)11(19)20/h8,16H,2-5H2,1H3,(H,14,17)(H,19,20)(H2,13,15,18,21)/t8-/m1/s1. The highest BCUT2D eigenvalue weighted by atomic mass is 16.4. The Bertz CT molecular complexity index is 633. The number of carbonyl (C=O) groups excluding carboxylic acids is 1. The lowest BCUT2D eigenvalue weighted by Crippen LogP contribution is -2.41. The Morgan fingerprint density at radius 1 is 1.29 bits per heavy atom. The first-order valence-electron chi connectivity index (χ1n) is 6.30. The third kappa shape index (κ3) is 4.88. The van der Waals surface area contributed by atoms with Crippen molar-refractivity contribution in [3.05, 3.63) is 32.1 Å². The summed E-state index contributed by atoms with van der Waals surface area (Å²) in [6.45, 7) is 1.17. The Morgan fingerprint density at radius 3 is 2.48 bits per heavy atom. The zero-order chi connectivity index (χ0) is 16.0. The van der Waals surface area contributed by atoms with E-state index < -0.39 is 29.2 Å². The molecule has 9 heteroatoms. The molecule has 0 saturated carbocycles. The van der Waals surface area contributed by atoms with Crippen LogP contribution in [0, 0.1) is 6.92 Å². The van der Waals surface area contributed by atoms with Crippen molar-refractivity contribution in [2.75, 3.05) is 6.61 Å². The van der Waals surface area contributed by atoms with Crippen LogP contribution in [-0.2, 0) is 16.0 Å². The van der Waals surface area contributed by atoms with Gasteiger partial charge in [0.1, 0.15) is 6.04 Å². The molecule has 1 rings (SSSR count). The minimum Gasteiger partial charge on any atom is -0.480 e. The van der Waals surface area contributed by atoms with Gasteiger partial charge in [0.2, 0.25) is 5.91 Å². The molecule has 0 radical (unpaired) electrons. The number of carboxylic acid groups (broad SMARTS) is 1. The van der Waals surface area contributed by atoms with Crippen molar-refractivity contribution in [3.63, 3.8) is 0 Å². The van der Waals surface area contributed by atoms with Crippen molar-refractivity contribution < 1.29 is 19.8 Å². The molecule has 1 atom stereocenters. The molecule has 0 aliphatic rings. The van der Waals surface area contributed by atoms with Crippen LogP contribution in [0.3, 0.4) is 0 Å². The van der Waals surface area contributed by atoms with E-state index in [-0.39, 0.29) is 31.4 Å². The lowest BCUT2D eigenvalue weighted by Gasteiger charge is -2.13. The van der Waals surface area contributed by atoms with Gasteiger partial charge < -0.3 is 20.5 Å². The van der Waals surface area contributed by atoms with Gasteiger partial charge in [-0.05, 0) is 13.3 Å². The third-order valence-electron chi connectivity index (χ3n) is 2.91. The van der Waals surface area contributed by atoms with Crippen LogP contribution >= 0.6 is 0 Å². The highest BCUT2D eigenvalue weighted by Gasteiger charge is 2.19. The summed E-state index contributed by atoms with van der Waals surface area (Å²) in [5.41, 5.74) is -0.575. The van der Waals surface area contributed by atoms with Crippen LogP contribution in [0.15, 0.2) is 9.59 Å². The van der Waals surface area contributed by atoms with E-state index in [1.54, 1.807) is 0 Å². The van der Waals surface area contributed by atoms with Gasteiger partial charge in [-0.1, -0.05) is 0 Å². The summed E-state index contributed by atoms with van der Waals surface area (Å²) in [7, 11) is 0. The van der Waals surface area contributed by atoms with Crippen molar-refractivity contribution in [2.24, 2.45) is 0 Å². The summed E-state index contributed by atoms with van der Waals surface area (Å²) in [6, 6.07) is -1.17. The number of carbonyl (C=O) groups is 2. The summed E-state index contributed by atoms with van der Waals surface area (Å²) >= 11 is 0. The molecule has 5 N–H and O–H groups in total. The summed E-state index contributed by atoms with van der Waals surface area (Å²) in [6.07, 6.45) is -0.139. The van der Waals surface area contributed by atoms with Gasteiger partial charge in [0, 0.05) is 30.7 Å². The number of aromatic amines is 2. The molecular formula is C12H17N3O6.